The van der Waals surface area contributed by atoms with E-state index in [0.29, 0.717) is 5.56 Å². The molecule has 1 aromatic carbocycles. The van der Waals surface area contributed by atoms with Crippen LogP contribution in [0.3, 0.4) is 0 Å². The molecule has 2 aromatic rings. The van der Waals surface area contributed by atoms with Gasteiger partial charge in [-0.3, -0.25) is 14.3 Å². The third kappa shape index (κ3) is 5.12. The summed E-state index contributed by atoms with van der Waals surface area (Å²) in [6, 6.07) is 9.33. The molecule has 9 heteroatoms. The van der Waals surface area contributed by atoms with Gasteiger partial charge in [-0.05, 0) is 19.1 Å². The maximum absolute atomic E-state index is 12.1. The summed E-state index contributed by atoms with van der Waals surface area (Å²) in [4.78, 5) is 37.4. The van der Waals surface area contributed by atoms with Crippen molar-refractivity contribution in [3.63, 3.8) is 0 Å². The van der Waals surface area contributed by atoms with E-state index < -0.39 is 42.3 Å². The minimum atomic E-state index is -1.15. The summed E-state index contributed by atoms with van der Waals surface area (Å²) in [7, 11) is 0. The number of H-pyrrole nitrogens is 1. The molecule has 2 rings (SSSR count). The number of nitrogens with one attached hydrogen (secondary N) is 1. The highest BCUT2D eigenvalue weighted by atomic mass is 16.6. The van der Waals surface area contributed by atoms with Gasteiger partial charge in [-0.15, -0.1) is 0 Å². The first-order valence-electron chi connectivity index (χ1n) is 7.90. The highest BCUT2D eigenvalue weighted by Crippen LogP contribution is 2.13. The van der Waals surface area contributed by atoms with Crippen molar-refractivity contribution in [1.82, 2.24) is 9.55 Å². The Balaban J connectivity index is 2.21. The van der Waals surface area contributed by atoms with Gasteiger partial charge in [-0.2, -0.15) is 0 Å². The van der Waals surface area contributed by atoms with Crippen molar-refractivity contribution in [2.75, 3.05) is 13.2 Å². The lowest BCUT2D eigenvalue weighted by Crippen LogP contribution is -2.40. The predicted octanol–water partition coefficient (Wildman–Crippen LogP) is -0.350. The van der Waals surface area contributed by atoms with Gasteiger partial charge in [0.1, 0.15) is 12.7 Å². The molecule has 0 aliphatic carbocycles. The van der Waals surface area contributed by atoms with Gasteiger partial charge in [-0.1, -0.05) is 18.2 Å². The van der Waals surface area contributed by atoms with Crippen LogP contribution < -0.4 is 11.2 Å². The molecular formula is C17H20N2O7. The Morgan fingerprint density at radius 1 is 1.23 bits per heavy atom. The highest BCUT2D eigenvalue weighted by Gasteiger charge is 2.24. The molecule has 3 N–H and O–H groups in total. The van der Waals surface area contributed by atoms with E-state index in [9.17, 15) is 24.6 Å². The van der Waals surface area contributed by atoms with Crippen LogP contribution in [0.1, 0.15) is 23.5 Å². The lowest BCUT2D eigenvalue weighted by Gasteiger charge is -2.26. The van der Waals surface area contributed by atoms with Gasteiger partial charge >= 0.3 is 11.7 Å². The molecule has 0 spiro atoms. The first-order chi connectivity index (χ1) is 12.4. The van der Waals surface area contributed by atoms with E-state index in [0.717, 1.165) is 10.6 Å². The number of hydrogen-bond acceptors (Lipinski definition) is 7. The largest absolute Gasteiger partial charge is 0.457 e. The first kappa shape index (κ1) is 19.6. The topological polar surface area (TPSA) is 131 Å². The smallest absolute Gasteiger partial charge is 0.338 e. The highest BCUT2D eigenvalue weighted by molar-refractivity contribution is 5.89. The van der Waals surface area contributed by atoms with Gasteiger partial charge < -0.3 is 19.7 Å². The van der Waals surface area contributed by atoms with E-state index in [-0.39, 0.29) is 6.61 Å². The molecule has 0 saturated heterocycles. The summed E-state index contributed by atoms with van der Waals surface area (Å²) in [5, 5.41) is 19.0. The molecule has 9 nitrogen and oxygen atoms in total. The zero-order valence-corrected chi connectivity index (χ0v) is 14.1. The van der Waals surface area contributed by atoms with Crippen LogP contribution in [-0.4, -0.2) is 51.2 Å². The van der Waals surface area contributed by atoms with Crippen molar-refractivity contribution < 1.29 is 24.5 Å². The number of carbonyl (C=O) groups excluding carboxylic acids is 1. The minimum Gasteiger partial charge on any atom is -0.457 e. The molecule has 0 aliphatic heterocycles. The molecule has 1 heterocycles. The summed E-state index contributed by atoms with van der Waals surface area (Å²) in [6.45, 7) is 0.519. The van der Waals surface area contributed by atoms with Gasteiger partial charge in [0.2, 0.25) is 0 Å². The summed E-state index contributed by atoms with van der Waals surface area (Å²) in [5.74, 6) is -0.630. The van der Waals surface area contributed by atoms with Gasteiger partial charge in [0.25, 0.3) is 5.56 Å². The summed E-state index contributed by atoms with van der Waals surface area (Å²) in [6.07, 6.45) is -2.03. The van der Waals surface area contributed by atoms with Crippen LogP contribution in [0.2, 0.25) is 0 Å². The third-order valence-electron chi connectivity index (χ3n) is 3.58. The fourth-order valence-electron chi connectivity index (χ4n) is 2.15. The van der Waals surface area contributed by atoms with Gasteiger partial charge in [-0.25, -0.2) is 9.59 Å². The average molecular weight is 364 g/mol. The zero-order valence-electron chi connectivity index (χ0n) is 14.1. The van der Waals surface area contributed by atoms with Gasteiger partial charge in [0, 0.05) is 12.3 Å². The van der Waals surface area contributed by atoms with E-state index >= 15 is 0 Å². The molecule has 0 bridgehead atoms. The number of benzene rings is 1. The number of aliphatic hydroxyl groups excluding tert-OH is 2. The van der Waals surface area contributed by atoms with Crippen LogP contribution in [0, 0.1) is 0 Å². The van der Waals surface area contributed by atoms with Crippen LogP contribution in [0.5, 0.6) is 0 Å². The second-order valence-corrected chi connectivity index (χ2v) is 5.53. The van der Waals surface area contributed by atoms with Gasteiger partial charge in [0.15, 0.2) is 6.23 Å². The molecule has 0 aliphatic rings. The third-order valence-corrected chi connectivity index (χ3v) is 3.58. The van der Waals surface area contributed by atoms with Crippen molar-refractivity contribution >= 4 is 5.97 Å². The maximum Gasteiger partial charge on any atom is 0.338 e. The summed E-state index contributed by atoms with van der Waals surface area (Å²) >= 11 is 0. The van der Waals surface area contributed by atoms with E-state index in [1.807, 2.05) is 0 Å². The lowest BCUT2D eigenvalue weighted by molar-refractivity contribution is -0.135. The van der Waals surface area contributed by atoms with Crippen molar-refractivity contribution in [3.8, 4) is 0 Å². The monoisotopic (exact) mass is 364 g/mol. The van der Waals surface area contributed by atoms with Crippen molar-refractivity contribution in [3.05, 3.63) is 69.0 Å². The normalized spacial score (nSPS) is 14.4. The SMILES string of the molecule is C[C@@H](O)[C@H](CO)O[C@H](COC(=O)c1ccccc1)n1ccc(=O)[nH]c1=O. The van der Waals surface area contributed by atoms with E-state index in [2.05, 4.69) is 4.98 Å². The van der Waals surface area contributed by atoms with Gasteiger partial charge in [0.05, 0.1) is 18.3 Å². The van der Waals surface area contributed by atoms with Crippen molar-refractivity contribution in [2.45, 2.75) is 25.4 Å². The molecule has 0 saturated carbocycles. The fourth-order valence-corrected chi connectivity index (χ4v) is 2.15. The van der Waals surface area contributed by atoms with Crippen LogP contribution in [-0.2, 0) is 9.47 Å². The Morgan fingerprint density at radius 2 is 1.92 bits per heavy atom. The number of ether oxygens (including phenoxy) is 2. The molecule has 26 heavy (non-hydrogen) atoms. The molecule has 3 atom stereocenters. The van der Waals surface area contributed by atoms with Crippen LogP contribution >= 0.6 is 0 Å². The first-order valence-corrected chi connectivity index (χ1v) is 7.90. The number of carbonyl (C=O) groups is 1. The maximum atomic E-state index is 12.1. The average Bonchev–Trinajstić information content (AvgIpc) is 2.62. The fraction of sp³-hybridized carbons (Fsp3) is 0.353. The lowest BCUT2D eigenvalue weighted by atomic mass is 10.2. The number of aromatic nitrogens is 2. The number of esters is 1. The van der Waals surface area contributed by atoms with E-state index in [1.165, 1.54) is 13.1 Å². The Morgan fingerprint density at radius 3 is 2.50 bits per heavy atom. The van der Waals surface area contributed by atoms with Crippen LogP contribution in [0.4, 0.5) is 0 Å². The molecule has 140 valence electrons. The quantitative estimate of drug-likeness (QED) is 0.546. The summed E-state index contributed by atoms with van der Waals surface area (Å²) in [5.41, 5.74) is -1.06. The number of aliphatic hydroxyl groups is 2. The second-order valence-electron chi connectivity index (χ2n) is 5.53. The Bertz CT molecular complexity index is 829. The number of rotatable bonds is 8. The predicted molar refractivity (Wildman–Crippen MR) is 90.7 cm³/mol. The molecule has 0 radical (unpaired) electrons. The minimum absolute atomic E-state index is 0.314. The standard InChI is InChI=1S/C17H20N2O7/c1-11(21)13(9-20)26-15(19-8-7-14(22)18-17(19)24)10-25-16(23)12-5-3-2-4-6-12/h2-8,11,13,15,20-21H,9-10H2,1H3,(H,18,22,24)/t11-,13+,15-/m1/s1. The Hall–Kier alpha value is -2.75. The van der Waals surface area contributed by atoms with E-state index in [1.54, 1.807) is 30.3 Å². The van der Waals surface area contributed by atoms with E-state index in [4.69, 9.17) is 9.47 Å². The molecule has 1 aromatic heterocycles. The zero-order chi connectivity index (χ0) is 19.1. The molecular weight excluding hydrogens is 344 g/mol. The number of aromatic amines is 1. The van der Waals surface area contributed by atoms with Crippen molar-refractivity contribution in [1.29, 1.82) is 0 Å². The number of nitrogens with zero attached hydrogens (tertiary/aromatic N) is 1. The number of hydrogen-bond donors (Lipinski definition) is 3. The molecule has 0 amide bonds. The van der Waals surface area contributed by atoms with Crippen LogP contribution in [0.25, 0.3) is 0 Å². The van der Waals surface area contributed by atoms with Crippen molar-refractivity contribution in [2.24, 2.45) is 0 Å². The second kappa shape index (κ2) is 9.09. The summed E-state index contributed by atoms with van der Waals surface area (Å²) < 4.78 is 11.7. The molecule has 0 fully saturated rings. The Labute approximate surface area is 148 Å². The Kier molecular flexibility index (Phi) is 6.84. The molecule has 0 unspecified atom stereocenters. The van der Waals surface area contributed by atoms with Crippen LogP contribution in [0.15, 0.2) is 52.2 Å².